The summed E-state index contributed by atoms with van der Waals surface area (Å²) in [6.45, 7) is 4.16. The lowest BCUT2D eigenvalue weighted by Crippen LogP contribution is -1.82. The van der Waals surface area contributed by atoms with Crippen LogP contribution in [0.25, 0.3) is 22.4 Å². The number of halogens is 2. The molecule has 19 heavy (non-hydrogen) atoms. The van der Waals surface area contributed by atoms with Crippen molar-refractivity contribution in [3.8, 4) is 11.4 Å². The number of rotatable bonds is 1. The van der Waals surface area contributed by atoms with Gasteiger partial charge in [-0.05, 0) is 55.3 Å². The molecule has 0 fully saturated rings. The third-order valence-electron chi connectivity index (χ3n) is 3.28. The number of H-pyrrole nitrogens is 1. The van der Waals surface area contributed by atoms with Crippen LogP contribution in [0.3, 0.4) is 0 Å². The van der Waals surface area contributed by atoms with Crippen LogP contribution in [0, 0.1) is 13.8 Å². The predicted octanol–water partition coefficient (Wildman–Crippen LogP) is 5.15. The monoisotopic (exact) mass is 290 g/mol. The molecule has 0 saturated carbocycles. The average molecular weight is 291 g/mol. The maximum atomic E-state index is 6.20. The van der Waals surface area contributed by atoms with Crippen molar-refractivity contribution in [1.29, 1.82) is 0 Å². The normalized spacial score (nSPS) is 11.2. The van der Waals surface area contributed by atoms with Crippen LogP contribution < -0.4 is 0 Å². The molecule has 2 aromatic carbocycles. The van der Waals surface area contributed by atoms with E-state index in [2.05, 4.69) is 35.9 Å². The molecule has 4 heteroatoms. The van der Waals surface area contributed by atoms with Crippen LogP contribution in [0.2, 0.25) is 10.0 Å². The minimum Gasteiger partial charge on any atom is -0.338 e. The summed E-state index contributed by atoms with van der Waals surface area (Å²) in [7, 11) is 0. The molecular formula is C15H12Cl2N2. The number of imidazole rings is 1. The van der Waals surface area contributed by atoms with Gasteiger partial charge in [0, 0.05) is 10.6 Å². The van der Waals surface area contributed by atoms with Gasteiger partial charge in [0.25, 0.3) is 0 Å². The second-order valence-corrected chi connectivity index (χ2v) is 5.51. The first-order chi connectivity index (χ1) is 9.04. The maximum Gasteiger partial charge on any atom is 0.140 e. The minimum atomic E-state index is 0.636. The van der Waals surface area contributed by atoms with E-state index < -0.39 is 0 Å². The van der Waals surface area contributed by atoms with Gasteiger partial charge in [0.05, 0.1) is 16.1 Å². The molecule has 0 bridgehead atoms. The molecule has 0 atom stereocenters. The molecule has 3 aromatic rings. The summed E-state index contributed by atoms with van der Waals surface area (Å²) in [6.07, 6.45) is 0. The fourth-order valence-corrected chi connectivity index (χ4v) is 2.46. The summed E-state index contributed by atoms with van der Waals surface area (Å²) < 4.78 is 0. The van der Waals surface area contributed by atoms with Crippen molar-refractivity contribution in [2.24, 2.45) is 0 Å². The molecule has 0 spiro atoms. The van der Waals surface area contributed by atoms with E-state index in [9.17, 15) is 0 Å². The second kappa shape index (κ2) is 4.55. The van der Waals surface area contributed by atoms with Gasteiger partial charge in [0.15, 0.2) is 0 Å². The summed E-state index contributed by atoms with van der Waals surface area (Å²) >= 11 is 12.2. The molecule has 1 heterocycles. The topological polar surface area (TPSA) is 28.7 Å². The van der Waals surface area contributed by atoms with Gasteiger partial charge in [-0.25, -0.2) is 4.98 Å². The molecule has 3 rings (SSSR count). The minimum absolute atomic E-state index is 0.636. The number of aromatic nitrogens is 2. The van der Waals surface area contributed by atoms with E-state index in [0.29, 0.717) is 10.0 Å². The SMILES string of the molecule is Cc1cc2nc(-c3cc(Cl)ccc3Cl)[nH]c2cc1C. The fourth-order valence-electron chi connectivity index (χ4n) is 2.08. The van der Waals surface area contributed by atoms with Crippen LogP contribution in [0.4, 0.5) is 0 Å². The molecule has 1 aromatic heterocycles. The van der Waals surface area contributed by atoms with Crippen molar-refractivity contribution in [2.45, 2.75) is 13.8 Å². The average Bonchev–Trinajstić information content (AvgIpc) is 2.75. The highest BCUT2D eigenvalue weighted by atomic mass is 35.5. The number of nitrogens with zero attached hydrogens (tertiary/aromatic N) is 1. The molecule has 0 aliphatic heterocycles. The Labute approximate surface area is 121 Å². The third-order valence-corrected chi connectivity index (χ3v) is 3.85. The van der Waals surface area contributed by atoms with E-state index in [4.69, 9.17) is 23.2 Å². The molecule has 2 nitrogen and oxygen atoms in total. The largest absolute Gasteiger partial charge is 0.338 e. The summed E-state index contributed by atoms with van der Waals surface area (Å²) in [4.78, 5) is 7.88. The van der Waals surface area contributed by atoms with Crippen molar-refractivity contribution in [2.75, 3.05) is 0 Å². The van der Waals surface area contributed by atoms with Gasteiger partial charge in [-0.15, -0.1) is 0 Å². The van der Waals surface area contributed by atoms with Crippen LogP contribution in [-0.2, 0) is 0 Å². The van der Waals surface area contributed by atoms with E-state index in [1.54, 1.807) is 12.1 Å². The van der Waals surface area contributed by atoms with Crippen LogP contribution in [0.15, 0.2) is 30.3 Å². The lowest BCUT2D eigenvalue weighted by atomic mass is 10.1. The number of hydrogen-bond donors (Lipinski definition) is 1. The predicted molar refractivity (Wildman–Crippen MR) is 81.0 cm³/mol. The maximum absolute atomic E-state index is 6.20. The van der Waals surface area contributed by atoms with Crippen molar-refractivity contribution >= 4 is 34.2 Å². The lowest BCUT2D eigenvalue weighted by Gasteiger charge is -2.00. The smallest absolute Gasteiger partial charge is 0.140 e. The van der Waals surface area contributed by atoms with Gasteiger partial charge in [-0.3, -0.25) is 0 Å². The van der Waals surface area contributed by atoms with E-state index in [1.165, 1.54) is 11.1 Å². The Morgan fingerprint density at radius 1 is 1.00 bits per heavy atom. The quantitative estimate of drug-likeness (QED) is 0.659. The van der Waals surface area contributed by atoms with Gasteiger partial charge >= 0.3 is 0 Å². The summed E-state index contributed by atoms with van der Waals surface area (Å²) in [5.41, 5.74) is 5.23. The lowest BCUT2D eigenvalue weighted by molar-refractivity contribution is 1.34. The Hall–Kier alpha value is -1.51. The molecule has 0 saturated heterocycles. The van der Waals surface area contributed by atoms with Crippen molar-refractivity contribution < 1.29 is 0 Å². The Morgan fingerprint density at radius 2 is 1.74 bits per heavy atom. The van der Waals surface area contributed by atoms with E-state index in [0.717, 1.165) is 22.4 Å². The van der Waals surface area contributed by atoms with Crippen LogP contribution >= 0.6 is 23.2 Å². The highest BCUT2D eigenvalue weighted by Crippen LogP contribution is 2.30. The van der Waals surface area contributed by atoms with Crippen molar-refractivity contribution in [1.82, 2.24) is 9.97 Å². The first-order valence-electron chi connectivity index (χ1n) is 5.97. The molecule has 0 unspecified atom stereocenters. The number of aryl methyl sites for hydroxylation is 2. The standard InChI is InChI=1S/C15H12Cl2N2/c1-8-5-13-14(6-9(8)2)19-15(18-13)11-7-10(16)3-4-12(11)17/h3-7H,1-2H3,(H,18,19). The molecule has 0 radical (unpaired) electrons. The molecular weight excluding hydrogens is 279 g/mol. The Kier molecular flexibility index (Phi) is 3.00. The number of fused-ring (bicyclic) bond motifs is 1. The number of aromatic amines is 1. The zero-order chi connectivity index (χ0) is 13.6. The zero-order valence-corrected chi connectivity index (χ0v) is 12.1. The third kappa shape index (κ3) is 2.22. The first kappa shape index (κ1) is 12.5. The highest BCUT2D eigenvalue weighted by molar-refractivity contribution is 6.35. The van der Waals surface area contributed by atoms with Crippen LogP contribution in [0.1, 0.15) is 11.1 Å². The second-order valence-electron chi connectivity index (χ2n) is 4.66. The Bertz CT molecular complexity index is 736. The van der Waals surface area contributed by atoms with E-state index in [-0.39, 0.29) is 0 Å². The van der Waals surface area contributed by atoms with Gasteiger partial charge in [0.2, 0.25) is 0 Å². The van der Waals surface area contributed by atoms with Gasteiger partial charge in [0.1, 0.15) is 5.82 Å². The molecule has 0 aliphatic rings. The van der Waals surface area contributed by atoms with Crippen LogP contribution in [0.5, 0.6) is 0 Å². The highest BCUT2D eigenvalue weighted by Gasteiger charge is 2.10. The Balaban J connectivity index is 2.23. The summed E-state index contributed by atoms with van der Waals surface area (Å²) in [5.74, 6) is 0.743. The number of benzene rings is 2. The molecule has 1 N–H and O–H groups in total. The van der Waals surface area contributed by atoms with E-state index >= 15 is 0 Å². The van der Waals surface area contributed by atoms with Gasteiger partial charge in [-0.2, -0.15) is 0 Å². The summed E-state index contributed by atoms with van der Waals surface area (Å²) in [6, 6.07) is 9.54. The summed E-state index contributed by atoms with van der Waals surface area (Å²) in [5, 5.41) is 1.28. The number of hydrogen-bond acceptors (Lipinski definition) is 1. The van der Waals surface area contributed by atoms with Crippen molar-refractivity contribution in [3.63, 3.8) is 0 Å². The zero-order valence-electron chi connectivity index (χ0n) is 10.6. The van der Waals surface area contributed by atoms with Gasteiger partial charge in [-0.1, -0.05) is 23.2 Å². The fraction of sp³-hybridized carbons (Fsp3) is 0.133. The Morgan fingerprint density at radius 3 is 2.53 bits per heavy atom. The van der Waals surface area contributed by atoms with Crippen LogP contribution in [-0.4, -0.2) is 9.97 Å². The molecule has 0 amide bonds. The molecule has 96 valence electrons. The molecule has 0 aliphatic carbocycles. The first-order valence-corrected chi connectivity index (χ1v) is 6.72. The van der Waals surface area contributed by atoms with Gasteiger partial charge < -0.3 is 4.98 Å². The van der Waals surface area contributed by atoms with E-state index in [1.807, 2.05) is 6.07 Å². The van der Waals surface area contributed by atoms with Crippen molar-refractivity contribution in [3.05, 3.63) is 51.5 Å². The number of nitrogens with one attached hydrogen (secondary N) is 1.